The van der Waals surface area contributed by atoms with Crippen LogP contribution >= 0.6 is 0 Å². The van der Waals surface area contributed by atoms with Crippen LogP contribution in [0.1, 0.15) is 26.1 Å². The molecule has 0 saturated carbocycles. The van der Waals surface area contributed by atoms with Crippen molar-refractivity contribution in [2.45, 2.75) is 37.8 Å². The van der Waals surface area contributed by atoms with Crippen LogP contribution in [0.5, 0.6) is 0 Å². The van der Waals surface area contributed by atoms with Gasteiger partial charge in [-0.25, -0.2) is 18.1 Å². The maximum absolute atomic E-state index is 12.2. The Balaban J connectivity index is 1.95. The highest BCUT2D eigenvalue weighted by molar-refractivity contribution is 7.89. The van der Waals surface area contributed by atoms with E-state index in [1.807, 2.05) is 6.92 Å². The summed E-state index contributed by atoms with van der Waals surface area (Å²) < 4.78 is 32.5. The summed E-state index contributed by atoms with van der Waals surface area (Å²) in [6.45, 7) is 7.52. The molecular weight excluding hydrogens is 292 g/mol. The molecule has 1 saturated heterocycles. The van der Waals surface area contributed by atoms with Crippen LogP contribution in [0.4, 0.5) is 0 Å². The number of nitrogens with one attached hydrogen (secondary N) is 2. The minimum atomic E-state index is -3.52. The summed E-state index contributed by atoms with van der Waals surface area (Å²) in [4.78, 5) is 9.14. The number of H-pyrrole nitrogens is 1. The zero-order valence-corrected chi connectivity index (χ0v) is 13.4. The third kappa shape index (κ3) is 4.26. The average Bonchev–Trinajstić information content (AvgIpc) is 2.99. The number of aromatic nitrogens is 2. The molecule has 0 aliphatic carbocycles. The molecule has 21 heavy (non-hydrogen) atoms. The second-order valence-corrected chi connectivity index (χ2v) is 6.85. The van der Waals surface area contributed by atoms with Crippen LogP contribution in [0, 0.1) is 0 Å². The number of ether oxygens (including phenoxy) is 1. The molecular formula is C13H24N4O3S. The van der Waals surface area contributed by atoms with E-state index in [9.17, 15) is 8.42 Å². The molecule has 1 aromatic rings. The van der Waals surface area contributed by atoms with Crippen LogP contribution < -0.4 is 4.72 Å². The number of rotatable bonds is 7. The summed E-state index contributed by atoms with van der Waals surface area (Å²) in [5, 5.41) is 0.135. The number of sulfonamides is 1. The Morgan fingerprint density at radius 3 is 2.71 bits per heavy atom. The first-order valence-corrected chi connectivity index (χ1v) is 8.90. The van der Waals surface area contributed by atoms with Crippen molar-refractivity contribution in [3.05, 3.63) is 12.0 Å². The second-order valence-electron chi connectivity index (χ2n) is 5.11. The summed E-state index contributed by atoms with van der Waals surface area (Å²) in [7, 11) is -3.52. The van der Waals surface area contributed by atoms with E-state index in [-0.39, 0.29) is 11.1 Å². The highest BCUT2D eigenvalue weighted by Gasteiger charge is 2.23. The van der Waals surface area contributed by atoms with Crippen molar-refractivity contribution in [3.63, 3.8) is 0 Å². The van der Waals surface area contributed by atoms with E-state index in [4.69, 9.17) is 4.74 Å². The van der Waals surface area contributed by atoms with E-state index < -0.39 is 10.0 Å². The van der Waals surface area contributed by atoms with E-state index in [1.165, 1.54) is 6.20 Å². The van der Waals surface area contributed by atoms with Gasteiger partial charge in [-0.05, 0) is 6.42 Å². The van der Waals surface area contributed by atoms with Gasteiger partial charge in [0.2, 0.25) is 0 Å². The zero-order chi connectivity index (χ0) is 15.3. The lowest BCUT2D eigenvalue weighted by Crippen LogP contribution is -2.48. The predicted octanol–water partition coefficient (Wildman–Crippen LogP) is 0.361. The molecule has 2 rings (SSSR count). The minimum Gasteiger partial charge on any atom is -0.379 e. The molecule has 2 N–H and O–H groups in total. The van der Waals surface area contributed by atoms with Crippen LogP contribution in [-0.2, 0) is 21.2 Å². The van der Waals surface area contributed by atoms with Crippen molar-refractivity contribution in [3.8, 4) is 0 Å². The average molecular weight is 316 g/mol. The second kappa shape index (κ2) is 7.35. The third-order valence-corrected chi connectivity index (χ3v) is 5.11. The van der Waals surface area contributed by atoms with Crippen molar-refractivity contribution >= 4 is 10.0 Å². The topological polar surface area (TPSA) is 87.3 Å². The highest BCUT2D eigenvalue weighted by Crippen LogP contribution is 2.10. The first-order chi connectivity index (χ1) is 10.1. The maximum Gasteiger partial charge on any atom is 0.257 e. The van der Waals surface area contributed by atoms with Gasteiger partial charge in [0.15, 0.2) is 5.03 Å². The standard InChI is InChI=1S/C13H24N4O3S/c1-3-11(17-5-7-20-8-6-17)9-15-21(18,19)13-10-14-12(4-2)16-13/h10-11,15H,3-9H2,1-2H3,(H,14,16)/t11-/m0/s1. The molecule has 0 bridgehead atoms. The molecule has 1 aromatic heterocycles. The lowest BCUT2D eigenvalue weighted by Gasteiger charge is -2.33. The summed E-state index contributed by atoms with van der Waals surface area (Å²) in [5.74, 6) is 0.676. The summed E-state index contributed by atoms with van der Waals surface area (Å²) in [6, 6.07) is 0.192. The lowest BCUT2D eigenvalue weighted by molar-refractivity contribution is 0.0169. The van der Waals surface area contributed by atoms with E-state index in [0.717, 1.165) is 19.5 Å². The van der Waals surface area contributed by atoms with Crippen LogP contribution in [-0.4, -0.2) is 62.2 Å². The van der Waals surface area contributed by atoms with Crippen molar-refractivity contribution in [2.24, 2.45) is 0 Å². The first-order valence-electron chi connectivity index (χ1n) is 7.42. The van der Waals surface area contributed by atoms with Gasteiger partial charge in [0.1, 0.15) is 5.82 Å². The predicted molar refractivity (Wildman–Crippen MR) is 79.6 cm³/mol. The Bertz CT molecular complexity index is 537. The van der Waals surface area contributed by atoms with Gasteiger partial charge in [0, 0.05) is 32.1 Å². The van der Waals surface area contributed by atoms with Crippen molar-refractivity contribution in [1.82, 2.24) is 19.6 Å². The molecule has 7 nitrogen and oxygen atoms in total. The van der Waals surface area contributed by atoms with Crippen molar-refractivity contribution < 1.29 is 13.2 Å². The molecule has 0 aromatic carbocycles. The molecule has 0 radical (unpaired) electrons. The molecule has 0 amide bonds. The van der Waals surface area contributed by atoms with E-state index in [1.54, 1.807) is 0 Å². The fourth-order valence-corrected chi connectivity index (χ4v) is 3.43. The van der Waals surface area contributed by atoms with E-state index in [0.29, 0.717) is 32.0 Å². The Hall–Kier alpha value is -0.960. The first kappa shape index (κ1) is 16.4. The van der Waals surface area contributed by atoms with Crippen molar-refractivity contribution in [1.29, 1.82) is 0 Å². The Morgan fingerprint density at radius 2 is 2.14 bits per heavy atom. The quantitative estimate of drug-likeness (QED) is 0.758. The Morgan fingerprint density at radius 1 is 1.43 bits per heavy atom. The van der Waals surface area contributed by atoms with Gasteiger partial charge in [-0.3, -0.25) is 4.90 Å². The molecule has 1 aliphatic heterocycles. The molecule has 0 unspecified atom stereocenters. The lowest BCUT2D eigenvalue weighted by atomic mass is 10.2. The van der Waals surface area contributed by atoms with E-state index >= 15 is 0 Å². The largest absolute Gasteiger partial charge is 0.379 e. The molecule has 1 atom stereocenters. The number of imidazole rings is 1. The zero-order valence-electron chi connectivity index (χ0n) is 12.6. The maximum atomic E-state index is 12.2. The minimum absolute atomic E-state index is 0.135. The number of morpholine rings is 1. The molecule has 8 heteroatoms. The number of aromatic amines is 1. The summed E-state index contributed by atoms with van der Waals surface area (Å²) in [5.41, 5.74) is 0. The Kier molecular flexibility index (Phi) is 5.74. The van der Waals surface area contributed by atoms with Crippen LogP contribution in [0.3, 0.4) is 0 Å². The molecule has 2 heterocycles. The normalized spacial score (nSPS) is 18.8. The van der Waals surface area contributed by atoms with Crippen LogP contribution in [0.15, 0.2) is 11.2 Å². The molecule has 1 aliphatic rings. The highest BCUT2D eigenvalue weighted by atomic mass is 32.2. The number of hydrogen-bond donors (Lipinski definition) is 2. The molecule has 1 fully saturated rings. The van der Waals surface area contributed by atoms with Gasteiger partial charge in [-0.2, -0.15) is 0 Å². The monoisotopic (exact) mass is 316 g/mol. The van der Waals surface area contributed by atoms with Gasteiger partial charge in [-0.1, -0.05) is 13.8 Å². The molecule has 0 spiro atoms. The van der Waals surface area contributed by atoms with Crippen LogP contribution in [0.25, 0.3) is 0 Å². The van der Waals surface area contributed by atoms with Gasteiger partial charge in [0.25, 0.3) is 10.0 Å². The van der Waals surface area contributed by atoms with Crippen molar-refractivity contribution in [2.75, 3.05) is 32.8 Å². The van der Waals surface area contributed by atoms with Crippen LogP contribution in [0.2, 0.25) is 0 Å². The fourth-order valence-electron chi connectivity index (χ4n) is 2.42. The van der Waals surface area contributed by atoms with Gasteiger partial charge in [-0.15, -0.1) is 0 Å². The summed E-state index contributed by atoms with van der Waals surface area (Å²) in [6.07, 6.45) is 2.95. The number of nitrogens with zero attached hydrogens (tertiary/aromatic N) is 2. The third-order valence-electron chi connectivity index (χ3n) is 3.77. The molecule has 120 valence electrons. The fraction of sp³-hybridized carbons (Fsp3) is 0.769. The SMILES string of the molecule is CCc1ncc(S(=O)(=O)NC[C@H](CC)N2CCOCC2)[nH]1. The van der Waals surface area contributed by atoms with Gasteiger partial charge < -0.3 is 9.72 Å². The number of hydrogen-bond acceptors (Lipinski definition) is 5. The Labute approximate surface area is 126 Å². The van der Waals surface area contributed by atoms with Gasteiger partial charge in [0.05, 0.1) is 19.4 Å². The smallest absolute Gasteiger partial charge is 0.257 e. The van der Waals surface area contributed by atoms with E-state index in [2.05, 4.69) is 26.5 Å². The number of aryl methyl sites for hydroxylation is 1. The summed E-state index contributed by atoms with van der Waals surface area (Å²) >= 11 is 0. The van der Waals surface area contributed by atoms with Gasteiger partial charge >= 0.3 is 0 Å².